The number of primary amides is 1. The number of aryl methyl sites for hydroxylation is 1. The third-order valence-corrected chi connectivity index (χ3v) is 8.10. The monoisotopic (exact) mass is 514 g/mol. The number of Topliss-reactive ketones (excluding diaryl/α,β-unsaturated/α-hetero) is 1. The Morgan fingerprint density at radius 2 is 1.76 bits per heavy atom. The maximum atomic E-state index is 13.8. The number of phenols is 1. The number of aromatic hydroxyl groups is 1. The normalized spacial score (nSPS) is 26.3. The maximum Gasteiger partial charge on any atom is 0.248 e. The molecule has 3 aliphatic carbocycles. The van der Waals surface area contributed by atoms with Crippen LogP contribution in [0.4, 0.5) is 0 Å². The summed E-state index contributed by atoms with van der Waals surface area (Å²) in [6, 6.07) is 10.0. The summed E-state index contributed by atoms with van der Waals surface area (Å²) in [5.74, 6) is 2.53. The van der Waals surface area contributed by atoms with Crippen LogP contribution >= 0.6 is 0 Å². The average Bonchev–Trinajstić information content (AvgIpc) is 2.85. The Hall–Kier alpha value is -4.06. The van der Waals surface area contributed by atoms with Crippen molar-refractivity contribution in [3.63, 3.8) is 0 Å². The molecule has 0 radical (unpaired) electrons. The molecule has 6 N–H and O–H groups in total. The highest BCUT2D eigenvalue weighted by molar-refractivity contribution is 6.13. The molecule has 0 spiro atoms. The first-order chi connectivity index (χ1) is 17.9. The van der Waals surface area contributed by atoms with E-state index in [1.807, 2.05) is 31.2 Å². The van der Waals surface area contributed by atoms with Crippen molar-refractivity contribution in [3.8, 4) is 17.6 Å². The smallest absolute Gasteiger partial charge is 0.248 e. The quantitative estimate of drug-likeness (QED) is 0.388. The minimum atomic E-state index is -1.98. The van der Waals surface area contributed by atoms with Gasteiger partial charge in [0.15, 0.2) is 5.78 Å². The second-order valence-corrected chi connectivity index (χ2v) is 10.7. The van der Waals surface area contributed by atoms with Crippen molar-refractivity contribution in [2.75, 3.05) is 14.1 Å². The number of nitrogens with two attached hydrogens (primary N) is 1. The van der Waals surface area contributed by atoms with Gasteiger partial charge in [0.25, 0.3) is 0 Å². The lowest BCUT2D eigenvalue weighted by molar-refractivity contribution is -0.118. The molecule has 0 heterocycles. The number of ketones is 1. The van der Waals surface area contributed by atoms with E-state index >= 15 is 0 Å². The lowest BCUT2D eigenvalue weighted by Crippen LogP contribution is -2.59. The molecule has 1 amide bonds. The number of benzene rings is 2. The van der Waals surface area contributed by atoms with E-state index in [2.05, 4.69) is 11.8 Å². The van der Waals surface area contributed by atoms with Gasteiger partial charge in [0, 0.05) is 29.0 Å². The first kappa shape index (κ1) is 25.6. The summed E-state index contributed by atoms with van der Waals surface area (Å²) in [5.41, 5.74) is 6.48. The molecule has 3 aliphatic rings. The number of amides is 1. The summed E-state index contributed by atoms with van der Waals surface area (Å²) in [7, 11) is 3.39. The number of phenolic OH excluding ortho intramolecular Hbond substituents is 1. The zero-order chi connectivity index (χ0) is 27.5. The third-order valence-electron chi connectivity index (χ3n) is 8.10. The summed E-state index contributed by atoms with van der Waals surface area (Å²) >= 11 is 0. The summed E-state index contributed by atoms with van der Waals surface area (Å²) in [6.07, 6.45) is 0.132. The number of nitrogens with zero attached hydrogens (tertiary/aromatic N) is 1. The van der Waals surface area contributed by atoms with Crippen molar-refractivity contribution in [3.05, 3.63) is 86.9 Å². The molecule has 0 saturated heterocycles. The second-order valence-electron chi connectivity index (χ2n) is 10.7. The molecule has 38 heavy (non-hydrogen) atoms. The number of hydrogen-bond acceptors (Lipinski definition) is 7. The van der Waals surface area contributed by atoms with E-state index in [0.29, 0.717) is 17.5 Å². The highest BCUT2D eigenvalue weighted by Crippen LogP contribution is 2.53. The third kappa shape index (κ3) is 3.87. The molecule has 196 valence electrons. The molecule has 2 aromatic rings. The Labute approximate surface area is 220 Å². The van der Waals surface area contributed by atoms with Crippen molar-refractivity contribution in [2.45, 2.75) is 37.8 Å². The number of fused-ring (bicyclic) bond motifs is 3. The number of rotatable bonds is 2. The SMILES string of the molecule is Cc1ccc(C#Cc2ccc(O)c3c2CC2CC4C(N(C)C)C(O)=C(C(N)=O)CC4(O)C(O)=C2C3=O)cc1. The molecular formula is C30H30N2O6. The predicted molar refractivity (Wildman–Crippen MR) is 140 cm³/mol. The molecule has 4 atom stereocenters. The highest BCUT2D eigenvalue weighted by Gasteiger charge is 2.58. The van der Waals surface area contributed by atoms with Crippen LogP contribution in [0, 0.1) is 30.6 Å². The van der Waals surface area contributed by atoms with Gasteiger partial charge in [0.2, 0.25) is 5.91 Å². The Morgan fingerprint density at radius 3 is 2.39 bits per heavy atom. The van der Waals surface area contributed by atoms with Gasteiger partial charge in [-0.2, -0.15) is 0 Å². The number of likely N-dealkylation sites (N-methyl/N-ethyl adjacent to an activating group) is 1. The molecule has 5 rings (SSSR count). The van der Waals surface area contributed by atoms with E-state index in [-0.39, 0.29) is 34.6 Å². The first-order valence-corrected chi connectivity index (χ1v) is 12.5. The highest BCUT2D eigenvalue weighted by atomic mass is 16.3. The van der Waals surface area contributed by atoms with Gasteiger partial charge < -0.3 is 26.2 Å². The van der Waals surface area contributed by atoms with Gasteiger partial charge in [-0.1, -0.05) is 29.5 Å². The van der Waals surface area contributed by atoms with E-state index in [9.17, 15) is 30.0 Å². The lowest BCUT2D eigenvalue weighted by Gasteiger charge is -2.51. The van der Waals surface area contributed by atoms with Gasteiger partial charge in [0.1, 0.15) is 22.9 Å². The van der Waals surface area contributed by atoms with Crippen LogP contribution in [0.25, 0.3) is 0 Å². The minimum Gasteiger partial charge on any atom is -0.510 e. The molecule has 0 saturated carbocycles. The molecule has 8 heteroatoms. The fraction of sp³-hybridized carbons (Fsp3) is 0.333. The average molecular weight is 515 g/mol. The molecule has 0 aliphatic heterocycles. The number of aliphatic hydroxyl groups is 3. The summed E-state index contributed by atoms with van der Waals surface area (Å²) in [5, 5.41) is 44.7. The van der Waals surface area contributed by atoms with E-state index in [4.69, 9.17) is 5.73 Å². The van der Waals surface area contributed by atoms with E-state index in [1.165, 1.54) is 6.07 Å². The maximum absolute atomic E-state index is 13.8. The van der Waals surface area contributed by atoms with E-state index < -0.39 is 47.3 Å². The molecule has 0 fully saturated rings. The van der Waals surface area contributed by atoms with Crippen LogP contribution < -0.4 is 5.73 Å². The first-order valence-electron chi connectivity index (χ1n) is 12.5. The number of hydrogen-bond donors (Lipinski definition) is 5. The summed E-state index contributed by atoms with van der Waals surface area (Å²) in [6.45, 7) is 1.99. The molecular weight excluding hydrogens is 484 g/mol. The standard InChI is InChI=1S/C30H30N2O6/c1-15-4-6-16(7-5-15)8-9-17-10-11-22(33)24-19(17)12-18-13-21-25(32(2)3)26(34)20(29(31)37)14-30(21,38)28(36)23(18)27(24)35/h4-7,10-11,18,21,25,33-34,36,38H,12-14H2,1-3H3,(H2,31,37). The largest absolute Gasteiger partial charge is 0.510 e. The topological polar surface area (TPSA) is 144 Å². The fourth-order valence-corrected chi connectivity index (χ4v) is 6.23. The van der Waals surface area contributed by atoms with Crippen molar-refractivity contribution in [1.29, 1.82) is 0 Å². The zero-order valence-electron chi connectivity index (χ0n) is 21.4. The van der Waals surface area contributed by atoms with Crippen LogP contribution in [0.15, 0.2) is 59.1 Å². The van der Waals surface area contributed by atoms with E-state index in [0.717, 1.165) is 11.1 Å². The van der Waals surface area contributed by atoms with Crippen molar-refractivity contribution in [1.82, 2.24) is 4.90 Å². The summed E-state index contributed by atoms with van der Waals surface area (Å²) in [4.78, 5) is 27.5. The van der Waals surface area contributed by atoms with Crippen molar-refractivity contribution < 1.29 is 30.0 Å². The molecule has 0 aromatic heterocycles. The van der Waals surface area contributed by atoms with Crippen molar-refractivity contribution in [2.24, 2.45) is 17.6 Å². The van der Waals surface area contributed by atoms with Gasteiger partial charge in [-0.25, -0.2) is 0 Å². The van der Waals surface area contributed by atoms with Crippen LogP contribution in [0.2, 0.25) is 0 Å². The molecule has 0 bridgehead atoms. The van der Waals surface area contributed by atoms with Gasteiger partial charge in [0.05, 0.1) is 17.2 Å². The zero-order valence-corrected chi connectivity index (χ0v) is 21.4. The Kier molecular flexibility index (Phi) is 6.09. The van der Waals surface area contributed by atoms with Crippen LogP contribution in [-0.4, -0.2) is 62.8 Å². The van der Waals surface area contributed by atoms with Gasteiger partial charge in [-0.15, -0.1) is 0 Å². The fourth-order valence-electron chi connectivity index (χ4n) is 6.23. The predicted octanol–water partition coefficient (Wildman–Crippen LogP) is 2.65. The number of allylic oxidation sites excluding steroid dienone is 1. The molecule has 2 aromatic carbocycles. The Bertz CT molecular complexity index is 1490. The molecule has 4 unspecified atom stereocenters. The number of carbonyl (C=O) groups excluding carboxylic acids is 2. The van der Waals surface area contributed by atoms with Crippen LogP contribution in [0.5, 0.6) is 5.75 Å². The number of aliphatic hydroxyl groups excluding tert-OH is 2. The second kappa shape index (κ2) is 9.05. The number of carbonyl (C=O) groups is 2. The lowest BCUT2D eigenvalue weighted by atomic mass is 9.59. The Balaban J connectivity index is 1.63. The molecule has 8 nitrogen and oxygen atoms in total. The van der Waals surface area contributed by atoms with Crippen LogP contribution in [-0.2, 0) is 11.2 Å². The Morgan fingerprint density at radius 1 is 1.08 bits per heavy atom. The van der Waals surface area contributed by atoms with Gasteiger partial charge in [-0.3, -0.25) is 14.5 Å². The van der Waals surface area contributed by atoms with Crippen molar-refractivity contribution >= 4 is 11.7 Å². The van der Waals surface area contributed by atoms with Crippen LogP contribution in [0.1, 0.15) is 45.5 Å². The minimum absolute atomic E-state index is 0.0120. The van der Waals surface area contributed by atoms with E-state index in [1.54, 1.807) is 25.1 Å². The van der Waals surface area contributed by atoms with Crippen LogP contribution in [0.3, 0.4) is 0 Å². The summed E-state index contributed by atoms with van der Waals surface area (Å²) < 4.78 is 0. The van der Waals surface area contributed by atoms with Gasteiger partial charge >= 0.3 is 0 Å². The van der Waals surface area contributed by atoms with Gasteiger partial charge in [-0.05, 0) is 69.6 Å².